The van der Waals surface area contributed by atoms with Crippen LogP contribution in [0.25, 0.3) is 0 Å². The Balaban J connectivity index is 1.81. The Bertz CT molecular complexity index is 634. The van der Waals surface area contributed by atoms with Crippen LogP contribution >= 0.6 is 0 Å². The van der Waals surface area contributed by atoms with Crippen molar-refractivity contribution >= 4 is 17.5 Å². The number of nitrogens with two attached hydrogens (primary N) is 1. The van der Waals surface area contributed by atoms with Gasteiger partial charge in [0, 0.05) is 19.6 Å². The Labute approximate surface area is 128 Å². The van der Waals surface area contributed by atoms with Crippen LogP contribution in [0.15, 0.2) is 36.5 Å². The van der Waals surface area contributed by atoms with Crippen LogP contribution in [0.5, 0.6) is 0 Å². The van der Waals surface area contributed by atoms with Crippen molar-refractivity contribution < 1.29 is 4.92 Å². The van der Waals surface area contributed by atoms with Gasteiger partial charge in [-0.3, -0.25) is 10.1 Å². The predicted molar refractivity (Wildman–Crippen MR) is 84.4 cm³/mol. The van der Waals surface area contributed by atoms with Crippen molar-refractivity contribution in [2.45, 2.75) is 6.54 Å². The van der Waals surface area contributed by atoms with E-state index in [0.29, 0.717) is 6.54 Å². The second-order valence-electron chi connectivity index (χ2n) is 4.87. The number of nitro groups is 1. The van der Waals surface area contributed by atoms with Crippen molar-refractivity contribution in [1.82, 2.24) is 14.9 Å². The molecule has 0 saturated carbocycles. The molecular formula is C14H18N6O2. The van der Waals surface area contributed by atoms with E-state index >= 15 is 0 Å². The van der Waals surface area contributed by atoms with Gasteiger partial charge in [0.15, 0.2) is 0 Å². The Kier molecular flexibility index (Phi) is 5.21. The van der Waals surface area contributed by atoms with Gasteiger partial charge in [0.2, 0.25) is 11.8 Å². The lowest BCUT2D eigenvalue weighted by atomic mass is 10.2. The molecule has 0 unspecified atom stereocenters. The quantitative estimate of drug-likeness (QED) is 0.589. The van der Waals surface area contributed by atoms with Crippen molar-refractivity contribution in [3.8, 4) is 0 Å². The van der Waals surface area contributed by atoms with Crippen LogP contribution in [0.3, 0.4) is 0 Å². The summed E-state index contributed by atoms with van der Waals surface area (Å²) in [7, 11) is 2.01. The number of likely N-dealkylation sites (N-methyl/N-ethyl adjacent to an activating group) is 1. The summed E-state index contributed by atoms with van der Waals surface area (Å²) in [5, 5.41) is 13.6. The highest BCUT2D eigenvalue weighted by molar-refractivity contribution is 5.53. The monoisotopic (exact) mass is 302 g/mol. The topological polar surface area (TPSA) is 110 Å². The van der Waals surface area contributed by atoms with Gasteiger partial charge in [0.25, 0.3) is 0 Å². The minimum atomic E-state index is -0.604. The molecule has 2 rings (SSSR count). The number of nitrogen functional groups attached to an aromatic ring is 1. The van der Waals surface area contributed by atoms with Crippen LogP contribution in [-0.4, -0.2) is 39.9 Å². The first kappa shape index (κ1) is 15.6. The maximum absolute atomic E-state index is 10.6. The molecule has 0 radical (unpaired) electrons. The Hall–Kier alpha value is -2.74. The molecule has 0 atom stereocenters. The van der Waals surface area contributed by atoms with Crippen LogP contribution < -0.4 is 11.1 Å². The number of nitrogens with one attached hydrogen (secondary N) is 1. The van der Waals surface area contributed by atoms with E-state index in [2.05, 4.69) is 32.3 Å². The van der Waals surface area contributed by atoms with E-state index < -0.39 is 4.92 Å². The molecule has 0 saturated heterocycles. The van der Waals surface area contributed by atoms with Crippen molar-refractivity contribution in [2.75, 3.05) is 31.2 Å². The number of anilines is 2. The molecule has 0 spiro atoms. The van der Waals surface area contributed by atoms with Crippen molar-refractivity contribution in [3.63, 3.8) is 0 Å². The fraction of sp³-hybridized carbons (Fsp3) is 0.286. The standard InChI is InChI=1S/C14H18N6O2/c1-19(10-11-5-3-2-4-6-11)8-7-16-14-17-9-12(20(21)22)13(15)18-14/h2-6,9H,7-8,10H2,1H3,(H3,15,16,17,18). The van der Waals surface area contributed by atoms with E-state index in [4.69, 9.17) is 5.73 Å². The maximum atomic E-state index is 10.6. The minimum absolute atomic E-state index is 0.139. The summed E-state index contributed by atoms with van der Waals surface area (Å²) >= 11 is 0. The molecular weight excluding hydrogens is 284 g/mol. The van der Waals surface area contributed by atoms with E-state index in [-0.39, 0.29) is 17.5 Å². The average molecular weight is 302 g/mol. The fourth-order valence-electron chi connectivity index (χ4n) is 1.95. The first-order chi connectivity index (χ1) is 10.6. The molecule has 22 heavy (non-hydrogen) atoms. The smallest absolute Gasteiger partial charge is 0.329 e. The molecule has 1 aromatic carbocycles. The molecule has 8 heteroatoms. The lowest BCUT2D eigenvalue weighted by Gasteiger charge is -2.16. The third-order valence-corrected chi connectivity index (χ3v) is 3.07. The average Bonchev–Trinajstić information content (AvgIpc) is 2.48. The summed E-state index contributed by atoms with van der Waals surface area (Å²) in [6, 6.07) is 10.2. The second-order valence-corrected chi connectivity index (χ2v) is 4.87. The van der Waals surface area contributed by atoms with Gasteiger partial charge in [-0.25, -0.2) is 4.98 Å². The van der Waals surface area contributed by atoms with Crippen molar-refractivity contribution in [1.29, 1.82) is 0 Å². The number of nitrogens with zero attached hydrogens (tertiary/aromatic N) is 4. The highest BCUT2D eigenvalue weighted by Crippen LogP contribution is 2.17. The molecule has 0 amide bonds. The molecule has 8 nitrogen and oxygen atoms in total. The molecule has 1 aromatic heterocycles. The van der Waals surface area contributed by atoms with E-state index in [1.165, 1.54) is 5.56 Å². The van der Waals surface area contributed by atoms with Gasteiger partial charge < -0.3 is 16.0 Å². The normalized spacial score (nSPS) is 10.6. The first-order valence-electron chi connectivity index (χ1n) is 6.79. The molecule has 1 heterocycles. The molecule has 116 valence electrons. The summed E-state index contributed by atoms with van der Waals surface area (Å²) in [4.78, 5) is 19.9. The van der Waals surface area contributed by atoms with Crippen LogP contribution in [0, 0.1) is 10.1 Å². The molecule has 3 N–H and O–H groups in total. The van der Waals surface area contributed by atoms with Gasteiger partial charge in [-0.05, 0) is 12.6 Å². The zero-order chi connectivity index (χ0) is 15.9. The molecule has 0 aliphatic carbocycles. The number of hydrogen-bond donors (Lipinski definition) is 2. The summed E-state index contributed by atoms with van der Waals surface area (Å²) < 4.78 is 0. The molecule has 0 fully saturated rings. The van der Waals surface area contributed by atoms with Crippen LogP contribution in [0.1, 0.15) is 5.56 Å². The summed E-state index contributed by atoms with van der Waals surface area (Å²) in [5.74, 6) is 0.149. The zero-order valence-corrected chi connectivity index (χ0v) is 12.3. The second kappa shape index (κ2) is 7.32. The lowest BCUT2D eigenvalue weighted by molar-refractivity contribution is -0.384. The predicted octanol–water partition coefficient (Wildman–Crippen LogP) is 1.51. The van der Waals surface area contributed by atoms with Crippen LogP contribution in [0.2, 0.25) is 0 Å². The van der Waals surface area contributed by atoms with Gasteiger partial charge >= 0.3 is 5.69 Å². The van der Waals surface area contributed by atoms with Crippen LogP contribution in [0.4, 0.5) is 17.5 Å². The summed E-state index contributed by atoms with van der Waals surface area (Å²) in [6.45, 7) is 2.22. The fourth-order valence-corrected chi connectivity index (χ4v) is 1.95. The van der Waals surface area contributed by atoms with Gasteiger partial charge in [0.05, 0.1) is 4.92 Å². The van der Waals surface area contributed by atoms with E-state index in [1.54, 1.807) is 0 Å². The molecule has 0 aliphatic heterocycles. The first-order valence-corrected chi connectivity index (χ1v) is 6.79. The van der Waals surface area contributed by atoms with Gasteiger partial charge in [-0.15, -0.1) is 0 Å². The minimum Gasteiger partial charge on any atom is -0.378 e. The summed E-state index contributed by atoms with van der Waals surface area (Å²) in [6.07, 6.45) is 1.11. The zero-order valence-electron chi connectivity index (χ0n) is 12.3. The molecule has 0 bridgehead atoms. The lowest BCUT2D eigenvalue weighted by Crippen LogP contribution is -2.25. The Morgan fingerprint density at radius 1 is 1.36 bits per heavy atom. The van der Waals surface area contributed by atoms with Crippen molar-refractivity contribution in [3.05, 3.63) is 52.2 Å². The van der Waals surface area contributed by atoms with Crippen LogP contribution in [-0.2, 0) is 6.54 Å². The molecule has 0 aliphatic rings. The number of hydrogen-bond acceptors (Lipinski definition) is 7. The molecule has 2 aromatic rings. The number of aromatic nitrogens is 2. The number of benzene rings is 1. The largest absolute Gasteiger partial charge is 0.378 e. The van der Waals surface area contributed by atoms with E-state index in [9.17, 15) is 10.1 Å². The third-order valence-electron chi connectivity index (χ3n) is 3.07. The SMILES string of the molecule is CN(CCNc1ncc([N+](=O)[O-])c(N)n1)Cc1ccccc1. The van der Waals surface area contributed by atoms with Gasteiger partial charge in [-0.1, -0.05) is 30.3 Å². The third kappa shape index (κ3) is 4.38. The van der Waals surface area contributed by atoms with E-state index in [0.717, 1.165) is 19.3 Å². The maximum Gasteiger partial charge on any atom is 0.329 e. The van der Waals surface area contributed by atoms with Gasteiger partial charge in [0.1, 0.15) is 6.20 Å². The Morgan fingerprint density at radius 2 is 2.09 bits per heavy atom. The van der Waals surface area contributed by atoms with Gasteiger partial charge in [-0.2, -0.15) is 4.98 Å². The van der Waals surface area contributed by atoms with E-state index in [1.807, 2.05) is 25.2 Å². The highest BCUT2D eigenvalue weighted by atomic mass is 16.6. The summed E-state index contributed by atoms with van der Waals surface area (Å²) in [5.41, 5.74) is 6.46. The van der Waals surface area contributed by atoms with Crippen molar-refractivity contribution in [2.24, 2.45) is 0 Å². The Morgan fingerprint density at radius 3 is 2.73 bits per heavy atom. The highest BCUT2D eigenvalue weighted by Gasteiger charge is 2.13. The number of rotatable bonds is 7.